The Bertz CT molecular complexity index is 3850. The molecule has 7 rings (SSSR count). The third-order valence-electron chi connectivity index (χ3n) is 11.2. The molecule has 0 unspecified atom stereocenters. The van der Waals surface area contributed by atoms with Gasteiger partial charge < -0.3 is 63.1 Å². The van der Waals surface area contributed by atoms with E-state index in [1.165, 1.54) is 42.7 Å². The van der Waals surface area contributed by atoms with Crippen LogP contribution in [0.4, 0.5) is 11.4 Å². The molecule has 0 aliphatic carbocycles. The number of aryl methyl sites for hydroxylation is 5. The quantitative estimate of drug-likeness (QED) is 0.00721. The Kier molecular flexibility index (Phi) is 30.5. The van der Waals surface area contributed by atoms with Crippen molar-refractivity contribution in [2.75, 3.05) is 33.0 Å². The molecule has 7 aromatic rings. The molecule has 30 heteroatoms. The van der Waals surface area contributed by atoms with Gasteiger partial charge in [-0.05, 0) is 121 Å². The van der Waals surface area contributed by atoms with Crippen LogP contribution in [0.15, 0.2) is 100 Å². The highest BCUT2D eigenvalue weighted by atomic mass is 17.2. The highest BCUT2D eigenvalue weighted by Crippen LogP contribution is 2.39. The number of hydrogen-bond donors (Lipinski definition) is 6. The van der Waals surface area contributed by atoms with E-state index < -0.39 is 66.6 Å². The van der Waals surface area contributed by atoms with Crippen molar-refractivity contribution in [3.05, 3.63) is 173 Å². The second-order valence-corrected chi connectivity index (χ2v) is 17.0. The predicted octanol–water partition coefficient (Wildman–Crippen LogP) is 9.74. The van der Waals surface area contributed by atoms with E-state index in [1.54, 1.807) is 72.7 Å². The molecule has 0 amide bonds. The molecular formula is C58H65N3O27. The van der Waals surface area contributed by atoms with E-state index in [1.807, 2.05) is 20.8 Å². The first-order valence-corrected chi connectivity index (χ1v) is 26.5. The van der Waals surface area contributed by atoms with Gasteiger partial charge in [-0.25, -0.2) is 24.0 Å². The first kappa shape index (κ1) is 73.2. The Balaban J connectivity index is 0.000000375. The predicted molar refractivity (Wildman–Crippen MR) is 311 cm³/mol. The Morgan fingerprint density at radius 1 is 0.557 bits per heavy atom. The summed E-state index contributed by atoms with van der Waals surface area (Å²) in [6, 6.07) is 14.8. The third-order valence-corrected chi connectivity index (χ3v) is 11.2. The summed E-state index contributed by atoms with van der Waals surface area (Å²) in [6.07, 6.45) is 5.82. The maximum absolute atomic E-state index is 11.8. The fourth-order valence-electron chi connectivity index (χ4n) is 7.12. The summed E-state index contributed by atoms with van der Waals surface area (Å²) < 4.78 is 29.3. The molecule has 0 saturated carbocycles. The van der Waals surface area contributed by atoms with E-state index in [2.05, 4.69) is 21.8 Å². The number of nitro groups is 2. The largest absolute Gasteiger partial charge is 0.508 e. The van der Waals surface area contributed by atoms with Crippen molar-refractivity contribution in [3.63, 3.8) is 0 Å². The number of hydrogen-bond acceptors (Lipinski definition) is 26. The second kappa shape index (κ2) is 36.7. The van der Waals surface area contributed by atoms with Gasteiger partial charge in [0.2, 0.25) is 22.7 Å². The first-order valence-electron chi connectivity index (χ1n) is 26.5. The fourth-order valence-corrected chi connectivity index (χ4v) is 7.12. The van der Waals surface area contributed by atoms with Crippen molar-refractivity contribution >= 4 is 56.2 Å². The van der Waals surface area contributed by atoms with Gasteiger partial charge in [-0.15, -0.1) is 10.1 Å². The van der Waals surface area contributed by atoms with Gasteiger partial charge >= 0.3 is 40.2 Å². The minimum atomic E-state index is -1.50. The molecule has 3 heterocycles. The van der Waals surface area contributed by atoms with Crippen molar-refractivity contribution in [1.82, 2.24) is 0 Å². The summed E-state index contributed by atoms with van der Waals surface area (Å²) in [5.41, 5.74) is -1.83. The van der Waals surface area contributed by atoms with Crippen molar-refractivity contribution in [2.24, 2.45) is 0 Å². The lowest BCUT2D eigenvalue weighted by atomic mass is 10.1. The summed E-state index contributed by atoms with van der Waals surface area (Å²) >= 11 is 0. The van der Waals surface area contributed by atoms with Gasteiger partial charge in [-0.1, -0.05) is 33.8 Å². The van der Waals surface area contributed by atoms with Crippen LogP contribution in [0.3, 0.4) is 0 Å². The van der Waals surface area contributed by atoms with Gasteiger partial charge in [-0.2, -0.15) is 9.78 Å². The number of carbonyl (C=O) groups excluding carboxylic acids is 2. The van der Waals surface area contributed by atoms with Crippen LogP contribution in [0.5, 0.6) is 28.7 Å². The summed E-state index contributed by atoms with van der Waals surface area (Å²) in [5, 5.41) is 84.4. The highest BCUT2D eigenvalue weighted by Gasteiger charge is 2.27. The number of nitrogens with zero attached hydrogens (tertiary/aromatic N) is 3. The van der Waals surface area contributed by atoms with Gasteiger partial charge in [0.05, 0.1) is 42.9 Å². The van der Waals surface area contributed by atoms with Gasteiger partial charge in [0, 0.05) is 50.9 Å². The minimum Gasteiger partial charge on any atom is -0.508 e. The fraction of sp³-hybridized carbons (Fsp3) is 0.328. The molecule has 0 fully saturated rings. The zero-order valence-corrected chi connectivity index (χ0v) is 49.3. The van der Waals surface area contributed by atoms with Crippen molar-refractivity contribution in [3.8, 4) is 40.8 Å². The normalized spacial score (nSPS) is 10.3. The van der Waals surface area contributed by atoms with Crippen LogP contribution in [0.2, 0.25) is 0 Å². The van der Waals surface area contributed by atoms with E-state index in [0.717, 1.165) is 17.5 Å². The molecule has 4 aromatic carbocycles. The number of carbonyl (C=O) groups is 2. The van der Waals surface area contributed by atoms with Crippen LogP contribution in [-0.4, -0.2) is 90.6 Å². The molecule has 0 spiro atoms. The van der Waals surface area contributed by atoms with E-state index in [-0.39, 0.29) is 69.5 Å². The number of benzene rings is 4. The molecule has 0 aliphatic rings. The molecule has 0 saturated heterocycles. The first-order chi connectivity index (χ1) is 41.7. The van der Waals surface area contributed by atoms with Crippen LogP contribution in [0, 0.1) is 49.3 Å². The van der Waals surface area contributed by atoms with Gasteiger partial charge in [0.25, 0.3) is 10.8 Å². The van der Waals surface area contributed by atoms with Crippen molar-refractivity contribution < 1.29 is 102 Å². The van der Waals surface area contributed by atoms with Crippen LogP contribution in [0.25, 0.3) is 32.9 Å². The van der Waals surface area contributed by atoms with Gasteiger partial charge in [0.15, 0.2) is 6.11 Å². The lowest BCUT2D eigenvalue weighted by molar-refractivity contribution is -0.742. The standard InChI is InChI=1S/C14H13NO7.C14H14O5.C12H11NO5.C10H16O5.C8H10O2.HNO3/c1-3-7-5-8-6-9(13(17)21-4-2)14(18)22-12(8)10(11(7)16)15(19)20;1-3-8-5-9-6-10(13(16)18-4-2)14(17)19-12(9)7-11(8)15;1-3-7-5-8-4-6(2)12(15)18-11(8)9(10(7)14)13(16)17;1-4-11-9-10(15-13-6-3)7-8-14-12-5-2;1-2-6-3-4-7(9)5-8(6)10;2-1(3)4/h5-6,16H,3-4H2,1-2H3;5-7,15H,3-4H2,1-2H3;4-5,14H,3H2,1-2H3;9H,4-6H2,1-3H3;3-5,9-10H,2H2,1H3;(H,2,3,4). The number of fused-ring (bicyclic) bond motifs is 3. The lowest BCUT2D eigenvalue weighted by Crippen LogP contribution is -2.16. The third kappa shape index (κ3) is 21.6. The number of ether oxygens (including phenoxy) is 3. The number of aromatic hydroxyl groups is 5. The average molecular weight is 1240 g/mol. The smallest absolute Gasteiger partial charge is 0.353 e. The lowest BCUT2D eigenvalue weighted by Gasteiger charge is -2.07. The molecule has 0 bridgehead atoms. The Morgan fingerprint density at radius 3 is 1.47 bits per heavy atom. The monoisotopic (exact) mass is 1240 g/mol. The zero-order valence-electron chi connectivity index (χ0n) is 49.3. The summed E-state index contributed by atoms with van der Waals surface area (Å²) in [4.78, 5) is 106. The van der Waals surface area contributed by atoms with E-state index >= 15 is 0 Å². The SMILES string of the molecule is CCOC(=O)c1cc2cc(CC)c(O)c([N+](=O)[O-])c2oc1=O.CCOC(=O)c1cc2cc(CC)c(O)cc2oc1=O.CCOC=C(C#COOCC)OOCC.CCc1cc2cc(C)c(=O)oc2c([N+](=O)[O-])c1O.CCc1ccc(O)cc1O.O=[N+]([O-])O. The molecule has 0 aliphatic heterocycles. The van der Waals surface area contributed by atoms with E-state index in [9.17, 15) is 59.5 Å². The maximum Gasteiger partial charge on any atom is 0.353 e. The van der Waals surface area contributed by atoms with Crippen LogP contribution in [-0.2, 0) is 59.4 Å². The van der Waals surface area contributed by atoms with Crippen LogP contribution < -0.4 is 16.9 Å². The molecule has 88 heavy (non-hydrogen) atoms. The van der Waals surface area contributed by atoms with Crippen LogP contribution in [0.1, 0.15) is 111 Å². The molecule has 6 N–H and O–H groups in total. The number of esters is 2. The molecule has 0 radical (unpaired) electrons. The van der Waals surface area contributed by atoms with Crippen LogP contribution >= 0.6 is 0 Å². The number of phenolic OH excluding ortho intramolecular Hbond substituents is 5. The zero-order chi connectivity index (χ0) is 66.4. The highest BCUT2D eigenvalue weighted by molar-refractivity contribution is 5.96. The number of phenols is 5. The number of nitro benzene ring substituents is 2. The number of allylic oxidation sites excluding steroid dienone is 1. The summed E-state index contributed by atoms with van der Waals surface area (Å²) in [5.74, 6) is 0.518. The van der Waals surface area contributed by atoms with Gasteiger partial charge in [0.1, 0.15) is 40.2 Å². The molecule has 3 aromatic heterocycles. The molecule has 0 atom stereocenters. The van der Waals surface area contributed by atoms with E-state index in [4.69, 9.17) is 62.8 Å². The Hall–Kier alpha value is -10.9. The Labute approximate surface area is 499 Å². The molecular weight excluding hydrogens is 1170 g/mol. The molecule has 474 valence electrons. The summed E-state index contributed by atoms with van der Waals surface area (Å²) in [7, 11) is 0. The molecule has 30 nitrogen and oxygen atoms in total. The van der Waals surface area contributed by atoms with Gasteiger partial charge in [-0.3, -0.25) is 25.1 Å². The number of rotatable bonds is 17. The topological polar surface area (TPSA) is 440 Å². The Morgan fingerprint density at radius 2 is 1.01 bits per heavy atom. The van der Waals surface area contributed by atoms with Crippen molar-refractivity contribution in [2.45, 2.75) is 94.9 Å². The summed E-state index contributed by atoms with van der Waals surface area (Å²) in [6.45, 7) is 19.2. The van der Waals surface area contributed by atoms with Crippen molar-refractivity contribution in [1.29, 1.82) is 0 Å². The maximum atomic E-state index is 11.8. The second-order valence-electron chi connectivity index (χ2n) is 17.0. The van der Waals surface area contributed by atoms with E-state index in [0.29, 0.717) is 66.5 Å². The minimum absolute atomic E-state index is 0.0713. The average Bonchev–Trinajstić information content (AvgIpc) is 0.930.